The normalized spacial score (nSPS) is 18.2. The second-order valence-electron chi connectivity index (χ2n) is 9.89. The van der Waals surface area contributed by atoms with E-state index in [1.807, 2.05) is 67.6 Å². The van der Waals surface area contributed by atoms with Crippen molar-refractivity contribution in [3.63, 3.8) is 0 Å². The van der Waals surface area contributed by atoms with Crippen LogP contribution in [-0.4, -0.2) is 27.1 Å². The summed E-state index contributed by atoms with van der Waals surface area (Å²) >= 11 is 0. The van der Waals surface area contributed by atoms with E-state index in [0.717, 1.165) is 28.9 Å². The Hall–Kier alpha value is -3.41. The number of nitrogens with zero attached hydrogens (tertiary/aromatic N) is 3. The van der Waals surface area contributed by atoms with Crippen LogP contribution in [-0.2, 0) is 29.7 Å². The highest BCUT2D eigenvalue weighted by Gasteiger charge is 2.49. The van der Waals surface area contributed by atoms with Crippen LogP contribution in [0.2, 0.25) is 0 Å². The predicted molar refractivity (Wildman–Crippen MR) is 130 cm³/mol. The number of aryl methyl sites for hydroxylation is 1. The van der Waals surface area contributed by atoms with E-state index in [1.54, 1.807) is 9.58 Å². The molecule has 1 aliphatic heterocycles. The third kappa shape index (κ3) is 4.17. The number of rotatable bonds is 5. The fourth-order valence-corrected chi connectivity index (χ4v) is 4.32. The Balaban J connectivity index is 1.78. The Labute approximate surface area is 195 Å². The minimum atomic E-state index is -1.13. The number of para-hydroxylation sites is 1. The molecular formula is C27H32N4O2. The first-order valence-corrected chi connectivity index (χ1v) is 11.5. The van der Waals surface area contributed by atoms with E-state index in [2.05, 4.69) is 33.0 Å². The highest BCUT2D eigenvalue weighted by atomic mass is 16.2. The van der Waals surface area contributed by atoms with Crippen LogP contribution in [0.15, 0.2) is 60.7 Å². The third-order valence-corrected chi connectivity index (χ3v) is 6.32. The first-order valence-electron chi connectivity index (χ1n) is 11.5. The SMILES string of the molecule is CCc1ccccc1N1C(=O)c2cc(C(C)(C)C)nn2C[C@]1(C)C(=O)NCc1ccccc1. The van der Waals surface area contributed by atoms with Crippen molar-refractivity contribution in [3.8, 4) is 0 Å². The smallest absolute Gasteiger partial charge is 0.277 e. The number of aromatic nitrogens is 2. The van der Waals surface area contributed by atoms with Crippen LogP contribution >= 0.6 is 0 Å². The number of benzene rings is 2. The van der Waals surface area contributed by atoms with Crippen LogP contribution in [0.3, 0.4) is 0 Å². The molecule has 0 saturated heterocycles. The fourth-order valence-electron chi connectivity index (χ4n) is 4.32. The van der Waals surface area contributed by atoms with Crippen LogP contribution in [0.25, 0.3) is 0 Å². The average molecular weight is 445 g/mol. The summed E-state index contributed by atoms with van der Waals surface area (Å²) in [5.41, 5.74) is 2.81. The number of anilines is 1. The molecule has 172 valence electrons. The number of hydrogen-bond donors (Lipinski definition) is 1. The van der Waals surface area contributed by atoms with Crippen LogP contribution in [0.4, 0.5) is 5.69 Å². The zero-order chi connectivity index (χ0) is 23.8. The molecule has 33 heavy (non-hydrogen) atoms. The first kappa shape index (κ1) is 22.8. The van der Waals surface area contributed by atoms with Gasteiger partial charge in [-0.25, -0.2) is 0 Å². The summed E-state index contributed by atoms with van der Waals surface area (Å²) in [4.78, 5) is 29.3. The van der Waals surface area contributed by atoms with Gasteiger partial charge in [0.15, 0.2) is 0 Å². The summed E-state index contributed by atoms with van der Waals surface area (Å²) in [6, 6.07) is 19.5. The summed E-state index contributed by atoms with van der Waals surface area (Å²) in [6.07, 6.45) is 0.758. The molecule has 0 fully saturated rings. The zero-order valence-electron chi connectivity index (χ0n) is 20.1. The number of amides is 2. The van der Waals surface area contributed by atoms with E-state index in [0.29, 0.717) is 12.2 Å². The Morgan fingerprint density at radius 2 is 1.76 bits per heavy atom. The molecule has 0 saturated carbocycles. The van der Waals surface area contributed by atoms with E-state index in [9.17, 15) is 9.59 Å². The van der Waals surface area contributed by atoms with Crippen molar-refractivity contribution >= 4 is 17.5 Å². The molecule has 0 spiro atoms. The molecule has 2 aromatic carbocycles. The van der Waals surface area contributed by atoms with Gasteiger partial charge in [-0.2, -0.15) is 5.10 Å². The molecule has 2 heterocycles. The Kier molecular flexibility index (Phi) is 5.87. The topological polar surface area (TPSA) is 67.2 Å². The molecule has 1 atom stereocenters. The van der Waals surface area contributed by atoms with Gasteiger partial charge in [-0.1, -0.05) is 76.2 Å². The predicted octanol–water partition coefficient (Wildman–Crippen LogP) is 4.48. The summed E-state index contributed by atoms with van der Waals surface area (Å²) in [5.74, 6) is -0.411. The minimum Gasteiger partial charge on any atom is -0.350 e. The summed E-state index contributed by atoms with van der Waals surface area (Å²) in [7, 11) is 0. The third-order valence-electron chi connectivity index (χ3n) is 6.32. The van der Waals surface area contributed by atoms with E-state index in [4.69, 9.17) is 5.10 Å². The molecule has 4 rings (SSSR count). The first-order chi connectivity index (χ1) is 15.6. The van der Waals surface area contributed by atoms with Gasteiger partial charge >= 0.3 is 0 Å². The number of hydrogen-bond acceptors (Lipinski definition) is 3. The van der Waals surface area contributed by atoms with Crippen molar-refractivity contribution < 1.29 is 9.59 Å². The van der Waals surface area contributed by atoms with Crippen molar-refractivity contribution in [2.45, 2.75) is 65.1 Å². The lowest BCUT2D eigenvalue weighted by molar-refractivity contribution is -0.126. The molecule has 1 aromatic heterocycles. The highest BCUT2D eigenvalue weighted by Crippen LogP contribution is 2.36. The van der Waals surface area contributed by atoms with Crippen molar-refractivity contribution in [1.29, 1.82) is 0 Å². The summed E-state index contributed by atoms with van der Waals surface area (Å²) in [5, 5.41) is 7.79. The van der Waals surface area contributed by atoms with Crippen LogP contribution in [0.1, 0.15) is 61.9 Å². The molecular weight excluding hydrogens is 412 g/mol. The molecule has 1 aliphatic rings. The molecule has 0 radical (unpaired) electrons. The van der Waals surface area contributed by atoms with Gasteiger partial charge in [0.25, 0.3) is 5.91 Å². The van der Waals surface area contributed by atoms with Crippen molar-refractivity contribution in [3.05, 3.63) is 83.2 Å². The molecule has 2 amide bonds. The van der Waals surface area contributed by atoms with E-state index < -0.39 is 5.54 Å². The highest BCUT2D eigenvalue weighted by molar-refractivity contribution is 6.12. The number of fused-ring (bicyclic) bond motifs is 1. The van der Waals surface area contributed by atoms with Gasteiger partial charge < -0.3 is 5.32 Å². The lowest BCUT2D eigenvalue weighted by Crippen LogP contribution is -2.64. The maximum absolute atomic E-state index is 13.9. The van der Waals surface area contributed by atoms with Gasteiger partial charge in [0, 0.05) is 17.6 Å². The monoisotopic (exact) mass is 444 g/mol. The average Bonchev–Trinajstić information content (AvgIpc) is 3.23. The van der Waals surface area contributed by atoms with Crippen LogP contribution < -0.4 is 10.2 Å². The molecule has 0 aliphatic carbocycles. The number of nitrogens with one attached hydrogen (secondary N) is 1. The van der Waals surface area contributed by atoms with Crippen molar-refractivity contribution in [2.24, 2.45) is 0 Å². The fraction of sp³-hybridized carbons (Fsp3) is 0.370. The van der Waals surface area contributed by atoms with Crippen molar-refractivity contribution in [1.82, 2.24) is 15.1 Å². The van der Waals surface area contributed by atoms with Gasteiger partial charge in [-0.3, -0.25) is 19.2 Å². The Morgan fingerprint density at radius 3 is 2.42 bits per heavy atom. The van der Waals surface area contributed by atoms with Gasteiger partial charge in [-0.05, 0) is 36.6 Å². The summed E-state index contributed by atoms with van der Waals surface area (Å²) < 4.78 is 1.70. The molecule has 3 aromatic rings. The Bertz CT molecular complexity index is 1180. The van der Waals surface area contributed by atoms with Crippen LogP contribution in [0.5, 0.6) is 0 Å². The molecule has 6 heteroatoms. The number of carbonyl (C=O) groups is 2. The lowest BCUT2D eigenvalue weighted by Gasteiger charge is -2.43. The van der Waals surface area contributed by atoms with Gasteiger partial charge in [0.05, 0.1) is 12.2 Å². The largest absolute Gasteiger partial charge is 0.350 e. The maximum atomic E-state index is 13.9. The Morgan fingerprint density at radius 1 is 1.09 bits per heavy atom. The molecule has 0 bridgehead atoms. The molecule has 0 unspecified atom stereocenters. The molecule has 6 nitrogen and oxygen atoms in total. The van der Waals surface area contributed by atoms with Gasteiger partial charge in [-0.15, -0.1) is 0 Å². The zero-order valence-corrected chi connectivity index (χ0v) is 20.1. The second kappa shape index (κ2) is 8.50. The maximum Gasteiger partial charge on any atom is 0.277 e. The van der Waals surface area contributed by atoms with Crippen molar-refractivity contribution in [2.75, 3.05) is 4.90 Å². The quantitative estimate of drug-likeness (QED) is 0.631. The number of carbonyl (C=O) groups excluding carboxylic acids is 2. The van der Waals surface area contributed by atoms with E-state index in [-0.39, 0.29) is 23.8 Å². The van der Waals surface area contributed by atoms with Crippen LogP contribution in [0, 0.1) is 0 Å². The molecule has 1 N–H and O–H groups in total. The standard InChI is InChI=1S/C27H32N4O2/c1-6-20-14-10-11-15-21(20)31-24(32)22-16-23(26(2,3)4)29-30(22)18-27(31,5)25(33)28-17-19-12-8-7-9-13-19/h7-16H,6,17-18H2,1-5H3,(H,28,33)/t27-/m1/s1. The van der Waals surface area contributed by atoms with E-state index >= 15 is 0 Å². The minimum absolute atomic E-state index is 0.205. The van der Waals surface area contributed by atoms with Gasteiger partial charge in [0.2, 0.25) is 5.91 Å². The second-order valence-corrected chi connectivity index (χ2v) is 9.89. The lowest BCUT2D eigenvalue weighted by atomic mass is 9.91. The van der Waals surface area contributed by atoms with Gasteiger partial charge in [0.1, 0.15) is 11.2 Å². The van der Waals surface area contributed by atoms with E-state index in [1.165, 1.54) is 0 Å². The summed E-state index contributed by atoms with van der Waals surface area (Å²) in [6.45, 7) is 10.8.